The summed E-state index contributed by atoms with van der Waals surface area (Å²) in [5.74, 6) is 3.23. The van der Waals surface area contributed by atoms with Gasteiger partial charge in [-0.3, -0.25) is 0 Å². The maximum absolute atomic E-state index is 5.92. The summed E-state index contributed by atoms with van der Waals surface area (Å²) in [7, 11) is 1.70. The molecule has 3 nitrogen and oxygen atoms in total. The lowest BCUT2D eigenvalue weighted by Crippen LogP contribution is -2.12. The van der Waals surface area contributed by atoms with Crippen LogP contribution in [-0.4, -0.2) is 22.5 Å². The van der Waals surface area contributed by atoms with Crippen LogP contribution >= 0.6 is 11.6 Å². The summed E-state index contributed by atoms with van der Waals surface area (Å²) in [5, 5.41) is 0. The Morgan fingerprint density at radius 3 is 2.65 bits per heavy atom. The standard InChI is InChI=1S/C16H23ClN2O/c1-4-12(5-2)11-19-15-10-13(20-3)6-7-14(15)18-16(19)8-9-17/h6-7,10,12H,4-5,8-9,11H2,1-3H3. The molecule has 1 aromatic heterocycles. The maximum atomic E-state index is 5.92. The van der Waals surface area contributed by atoms with Crippen LogP contribution in [0.15, 0.2) is 18.2 Å². The quantitative estimate of drug-likeness (QED) is 0.713. The van der Waals surface area contributed by atoms with Crippen molar-refractivity contribution in [2.45, 2.75) is 39.7 Å². The number of aromatic nitrogens is 2. The number of ether oxygens (including phenoxy) is 1. The van der Waals surface area contributed by atoms with Gasteiger partial charge in [0.25, 0.3) is 0 Å². The fraction of sp³-hybridized carbons (Fsp3) is 0.562. The van der Waals surface area contributed by atoms with Gasteiger partial charge in [-0.1, -0.05) is 26.7 Å². The zero-order valence-corrected chi connectivity index (χ0v) is 13.3. The van der Waals surface area contributed by atoms with E-state index in [1.807, 2.05) is 12.1 Å². The van der Waals surface area contributed by atoms with E-state index in [0.29, 0.717) is 11.8 Å². The van der Waals surface area contributed by atoms with Gasteiger partial charge in [0.2, 0.25) is 0 Å². The Morgan fingerprint density at radius 1 is 1.30 bits per heavy atom. The van der Waals surface area contributed by atoms with Crippen molar-refractivity contribution >= 4 is 22.6 Å². The Labute approximate surface area is 125 Å². The Morgan fingerprint density at radius 2 is 2.05 bits per heavy atom. The van der Waals surface area contributed by atoms with Crippen LogP contribution in [0.1, 0.15) is 32.5 Å². The zero-order chi connectivity index (χ0) is 14.5. The summed E-state index contributed by atoms with van der Waals surface area (Å²) in [5.41, 5.74) is 2.17. The molecular weight excluding hydrogens is 272 g/mol. The monoisotopic (exact) mass is 294 g/mol. The Kier molecular flexibility index (Phi) is 5.30. The Bertz CT molecular complexity index is 561. The summed E-state index contributed by atoms with van der Waals surface area (Å²) in [6, 6.07) is 6.05. The molecule has 4 heteroatoms. The molecule has 0 saturated heterocycles. The summed E-state index contributed by atoms with van der Waals surface area (Å²) in [6.45, 7) is 5.49. The number of rotatable bonds is 7. The number of nitrogens with zero attached hydrogens (tertiary/aromatic N) is 2. The van der Waals surface area contributed by atoms with E-state index in [-0.39, 0.29) is 0 Å². The lowest BCUT2D eigenvalue weighted by Gasteiger charge is -2.16. The summed E-state index contributed by atoms with van der Waals surface area (Å²) >= 11 is 5.92. The molecule has 0 atom stereocenters. The second-order valence-electron chi connectivity index (χ2n) is 5.11. The van der Waals surface area contributed by atoms with E-state index in [9.17, 15) is 0 Å². The van der Waals surface area contributed by atoms with E-state index in [0.717, 1.165) is 35.6 Å². The van der Waals surface area contributed by atoms with Crippen molar-refractivity contribution in [3.8, 4) is 5.75 Å². The molecule has 20 heavy (non-hydrogen) atoms. The number of halogens is 1. The van der Waals surface area contributed by atoms with Crippen LogP contribution in [0.4, 0.5) is 0 Å². The predicted molar refractivity (Wildman–Crippen MR) is 84.8 cm³/mol. The first-order chi connectivity index (χ1) is 9.73. The van der Waals surface area contributed by atoms with Gasteiger partial charge in [-0.15, -0.1) is 11.6 Å². The molecule has 0 aliphatic rings. The van der Waals surface area contributed by atoms with Gasteiger partial charge in [0.05, 0.1) is 18.1 Å². The van der Waals surface area contributed by atoms with Crippen molar-refractivity contribution in [2.24, 2.45) is 5.92 Å². The first-order valence-electron chi connectivity index (χ1n) is 7.32. The van der Waals surface area contributed by atoms with Gasteiger partial charge in [0.15, 0.2) is 0 Å². The average Bonchev–Trinajstić information content (AvgIpc) is 2.81. The first kappa shape index (κ1) is 15.2. The van der Waals surface area contributed by atoms with Gasteiger partial charge >= 0.3 is 0 Å². The minimum Gasteiger partial charge on any atom is -0.497 e. The summed E-state index contributed by atoms with van der Waals surface area (Å²) in [4.78, 5) is 4.72. The number of fused-ring (bicyclic) bond motifs is 1. The lowest BCUT2D eigenvalue weighted by molar-refractivity contribution is 0.411. The molecule has 0 aliphatic carbocycles. The number of aryl methyl sites for hydroxylation is 1. The molecule has 0 fully saturated rings. The van der Waals surface area contributed by atoms with Gasteiger partial charge < -0.3 is 9.30 Å². The number of alkyl halides is 1. The number of hydrogen-bond donors (Lipinski definition) is 0. The third-order valence-electron chi connectivity index (χ3n) is 3.95. The van der Waals surface area contributed by atoms with Gasteiger partial charge in [-0.05, 0) is 18.1 Å². The second-order valence-corrected chi connectivity index (χ2v) is 5.49. The third kappa shape index (κ3) is 3.09. The van der Waals surface area contributed by atoms with Crippen molar-refractivity contribution in [3.05, 3.63) is 24.0 Å². The molecule has 2 rings (SSSR count). The van der Waals surface area contributed by atoms with Crippen molar-refractivity contribution in [3.63, 3.8) is 0 Å². The zero-order valence-electron chi connectivity index (χ0n) is 12.5. The molecule has 110 valence electrons. The topological polar surface area (TPSA) is 27.1 Å². The van der Waals surface area contributed by atoms with E-state index in [2.05, 4.69) is 24.5 Å². The van der Waals surface area contributed by atoms with E-state index >= 15 is 0 Å². The molecule has 2 aromatic rings. The highest BCUT2D eigenvalue weighted by Crippen LogP contribution is 2.24. The Balaban J connectivity index is 2.47. The van der Waals surface area contributed by atoms with Crippen LogP contribution in [0.3, 0.4) is 0 Å². The molecule has 0 radical (unpaired) electrons. The highest BCUT2D eigenvalue weighted by molar-refractivity contribution is 6.17. The second kappa shape index (κ2) is 6.98. The van der Waals surface area contributed by atoms with Crippen LogP contribution in [0.25, 0.3) is 11.0 Å². The molecular formula is C16H23ClN2O. The molecule has 1 heterocycles. The number of methoxy groups -OCH3 is 1. The SMILES string of the molecule is CCC(CC)Cn1c(CCCl)nc2ccc(OC)cc21. The van der Waals surface area contributed by atoms with Gasteiger partial charge in [-0.25, -0.2) is 4.98 Å². The Hall–Kier alpha value is -1.22. The molecule has 0 N–H and O–H groups in total. The average molecular weight is 295 g/mol. The van der Waals surface area contributed by atoms with E-state index in [4.69, 9.17) is 21.3 Å². The normalized spacial score (nSPS) is 11.4. The van der Waals surface area contributed by atoms with Crippen molar-refractivity contribution < 1.29 is 4.74 Å². The fourth-order valence-electron chi connectivity index (χ4n) is 2.56. The molecule has 0 saturated carbocycles. The minimum atomic E-state index is 0.601. The maximum Gasteiger partial charge on any atom is 0.121 e. The van der Waals surface area contributed by atoms with Crippen LogP contribution in [-0.2, 0) is 13.0 Å². The summed E-state index contributed by atoms with van der Waals surface area (Å²) < 4.78 is 7.65. The van der Waals surface area contributed by atoms with E-state index in [1.54, 1.807) is 7.11 Å². The van der Waals surface area contributed by atoms with Crippen LogP contribution < -0.4 is 4.74 Å². The number of benzene rings is 1. The van der Waals surface area contributed by atoms with E-state index in [1.165, 1.54) is 12.8 Å². The largest absolute Gasteiger partial charge is 0.497 e. The van der Waals surface area contributed by atoms with E-state index < -0.39 is 0 Å². The predicted octanol–water partition coefficient (Wildman–Crippen LogP) is 4.26. The van der Waals surface area contributed by atoms with Crippen molar-refractivity contribution in [2.75, 3.05) is 13.0 Å². The highest BCUT2D eigenvalue weighted by atomic mass is 35.5. The molecule has 0 bridgehead atoms. The van der Waals surface area contributed by atoms with Gasteiger partial charge in [-0.2, -0.15) is 0 Å². The van der Waals surface area contributed by atoms with Crippen molar-refractivity contribution in [1.82, 2.24) is 9.55 Å². The number of imidazole rings is 1. The molecule has 0 spiro atoms. The highest BCUT2D eigenvalue weighted by Gasteiger charge is 2.14. The van der Waals surface area contributed by atoms with Gasteiger partial charge in [0.1, 0.15) is 11.6 Å². The summed E-state index contributed by atoms with van der Waals surface area (Å²) in [6.07, 6.45) is 3.17. The molecule has 0 amide bonds. The minimum absolute atomic E-state index is 0.601. The number of hydrogen-bond acceptors (Lipinski definition) is 2. The smallest absolute Gasteiger partial charge is 0.121 e. The molecule has 1 aromatic carbocycles. The lowest BCUT2D eigenvalue weighted by atomic mass is 10.0. The molecule has 0 aliphatic heterocycles. The van der Waals surface area contributed by atoms with Crippen LogP contribution in [0.2, 0.25) is 0 Å². The molecule has 0 unspecified atom stereocenters. The van der Waals surface area contributed by atoms with Crippen LogP contribution in [0.5, 0.6) is 5.75 Å². The third-order valence-corrected chi connectivity index (χ3v) is 4.14. The van der Waals surface area contributed by atoms with Crippen LogP contribution in [0, 0.1) is 5.92 Å². The first-order valence-corrected chi connectivity index (χ1v) is 7.86. The fourth-order valence-corrected chi connectivity index (χ4v) is 2.73. The van der Waals surface area contributed by atoms with Crippen molar-refractivity contribution in [1.29, 1.82) is 0 Å². The van der Waals surface area contributed by atoms with Gasteiger partial charge in [0, 0.05) is 24.9 Å².